The molecule has 0 aromatic heterocycles. The van der Waals surface area contributed by atoms with Crippen molar-refractivity contribution in [3.63, 3.8) is 0 Å². The summed E-state index contributed by atoms with van der Waals surface area (Å²) in [6.07, 6.45) is 2.43. The number of hydrogen-bond donors (Lipinski definition) is 1. The summed E-state index contributed by atoms with van der Waals surface area (Å²) in [4.78, 5) is 2.44. The summed E-state index contributed by atoms with van der Waals surface area (Å²) >= 11 is 0. The first-order valence-corrected chi connectivity index (χ1v) is 7.82. The molecule has 1 aliphatic heterocycles. The third kappa shape index (κ3) is 5.23. The molecule has 1 saturated heterocycles. The minimum atomic E-state index is 0.807. The Kier molecular flexibility index (Phi) is 6.51. The van der Waals surface area contributed by atoms with Crippen LogP contribution in [0, 0.1) is 5.92 Å². The molecule has 0 saturated carbocycles. The standard InChI is InChI=1S/C17H28N2O/c1-3-18-12-15-4-6-16(7-5-15)13-19(2)14-17-8-10-20-11-9-17/h4-7,17-18H,3,8-14H2,1-2H3. The van der Waals surface area contributed by atoms with E-state index < -0.39 is 0 Å². The van der Waals surface area contributed by atoms with Crippen molar-refractivity contribution in [2.75, 3.05) is 33.4 Å². The largest absolute Gasteiger partial charge is 0.381 e. The van der Waals surface area contributed by atoms with Crippen molar-refractivity contribution in [1.82, 2.24) is 10.2 Å². The van der Waals surface area contributed by atoms with E-state index in [2.05, 4.69) is 48.5 Å². The predicted molar refractivity (Wildman–Crippen MR) is 83.7 cm³/mol. The molecule has 0 aliphatic carbocycles. The molecule has 3 heteroatoms. The van der Waals surface area contributed by atoms with Crippen LogP contribution in [-0.2, 0) is 17.8 Å². The molecule has 1 aromatic rings. The molecule has 112 valence electrons. The number of nitrogens with zero attached hydrogens (tertiary/aromatic N) is 1. The average molecular weight is 276 g/mol. The highest BCUT2D eigenvalue weighted by Gasteiger charge is 2.15. The van der Waals surface area contributed by atoms with Crippen LogP contribution in [0.5, 0.6) is 0 Å². The summed E-state index contributed by atoms with van der Waals surface area (Å²) in [5, 5.41) is 3.36. The molecule has 1 aromatic carbocycles. The van der Waals surface area contributed by atoms with Gasteiger partial charge < -0.3 is 15.0 Å². The monoisotopic (exact) mass is 276 g/mol. The van der Waals surface area contributed by atoms with Gasteiger partial charge in [-0.3, -0.25) is 0 Å². The second-order valence-electron chi connectivity index (χ2n) is 5.85. The number of nitrogens with one attached hydrogen (secondary N) is 1. The summed E-state index contributed by atoms with van der Waals surface area (Å²) in [6.45, 7) is 8.24. The van der Waals surface area contributed by atoms with Crippen LogP contribution in [0.25, 0.3) is 0 Å². The summed E-state index contributed by atoms with van der Waals surface area (Å²) in [5.74, 6) is 0.807. The molecule has 3 nitrogen and oxygen atoms in total. The Morgan fingerprint density at radius 3 is 2.45 bits per heavy atom. The lowest BCUT2D eigenvalue weighted by atomic mass is 9.99. The van der Waals surface area contributed by atoms with E-state index in [0.717, 1.165) is 38.8 Å². The van der Waals surface area contributed by atoms with Gasteiger partial charge in [-0.05, 0) is 43.5 Å². The topological polar surface area (TPSA) is 24.5 Å². The zero-order valence-electron chi connectivity index (χ0n) is 12.9. The molecule has 0 amide bonds. The van der Waals surface area contributed by atoms with E-state index in [-0.39, 0.29) is 0 Å². The number of benzene rings is 1. The number of rotatable bonds is 7. The highest BCUT2D eigenvalue weighted by Crippen LogP contribution is 2.16. The Morgan fingerprint density at radius 1 is 1.15 bits per heavy atom. The summed E-state index contributed by atoms with van der Waals surface area (Å²) in [6, 6.07) is 8.99. The van der Waals surface area contributed by atoms with Crippen molar-refractivity contribution in [2.24, 2.45) is 5.92 Å². The van der Waals surface area contributed by atoms with Crippen molar-refractivity contribution in [1.29, 1.82) is 0 Å². The third-order valence-electron chi connectivity index (χ3n) is 3.97. The smallest absolute Gasteiger partial charge is 0.0469 e. The van der Waals surface area contributed by atoms with E-state index >= 15 is 0 Å². The van der Waals surface area contributed by atoms with Gasteiger partial charge in [0.2, 0.25) is 0 Å². The van der Waals surface area contributed by atoms with Gasteiger partial charge in [0.25, 0.3) is 0 Å². The van der Waals surface area contributed by atoms with Gasteiger partial charge in [-0.2, -0.15) is 0 Å². The van der Waals surface area contributed by atoms with Crippen LogP contribution in [0.3, 0.4) is 0 Å². The minimum Gasteiger partial charge on any atom is -0.381 e. The van der Waals surface area contributed by atoms with Crippen molar-refractivity contribution in [3.05, 3.63) is 35.4 Å². The van der Waals surface area contributed by atoms with Crippen molar-refractivity contribution in [3.8, 4) is 0 Å². The fourth-order valence-corrected chi connectivity index (χ4v) is 2.78. The van der Waals surface area contributed by atoms with E-state index in [1.807, 2.05) is 0 Å². The lowest BCUT2D eigenvalue weighted by molar-refractivity contribution is 0.0549. The van der Waals surface area contributed by atoms with Crippen molar-refractivity contribution >= 4 is 0 Å². The van der Waals surface area contributed by atoms with E-state index in [1.165, 1.54) is 30.5 Å². The first kappa shape index (κ1) is 15.5. The highest BCUT2D eigenvalue weighted by molar-refractivity contribution is 5.22. The number of hydrogen-bond acceptors (Lipinski definition) is 3. The Hall–Kier alpha value is -0.900. The van der Waals surface area contributed by atoms with Crippen LogP contribution in [0.1, 0.15) is 30.9 Å². The van der Waals surface area contributed by atoms with Gasteiger partial charge in [-0.15, -0.1) is 0 Å². The maximum Gasteiger partial charge on any atom is 0.0469 e. The quantitative estimate of drug-likeness (QED) is 0.828. The average Bonchev–Trinajstić information content (AvgIpc) is 2.47. The van der Waals surface area contributed by atoms with Crippen LogP contribution in [0.15, 0.2) is 24.3 Å². The molecule has 1 fully saturated rings. The van der Waals surface area contributed by atoms with Crippen molar-refractivity contribution < 1.29 is 4.74 Å². The molecule has 1 heterocycles. The molecule has 2 rings (SSSR count). The van der Waals surface area contributed by atoms with Gasteiger partial charge in [0.1, 0.15) is 0 Å². The Morgan fingerprint density at radius 2 is 1.80 bits per heavy atom. The van der Waals surface area contributed by atoms with Gasteiger partial charge in [-0.25, -0.2) is 0 Å². The first-order valence-electron chi connectivity index (χ1n) is 7.82. The fraction of sp³-hybridized carbons (Fsp3) is 0.647. The zero-order valence-corrected chi connectivity index (χ0v) is 12.9. The van der Waals surface area contributed by atoms with Gasteiger partial charge in [0.15, 0.2) is 0 Å². The van der Waals surface area contributed by atoms with Crippen LogP contribution in [0.2, 0.25) is 0 Å². The Labute approximate surface area is 123 Å². The molecular weight excluding hydrogens is 248 g/mol. The summed E-state index contributed by atoms with van der Waals surface area (Å²) in [5.41, 5.74) is 2.77. The molecule has 0 radical (unpaired) electrons. The van der Waals surface area contributed by atoms with E-state index in [0.29, 0.717) is 0 Å². The molecule has 20 heavy (non-hydrogen) atoms. The van der Waals surface area contributed by atoms with Gasteiger partial charge in [0.05, 0.1) is 0 Å². The minimum absolute atomic E-state index is 0.807. The maximum absolute atomic E-state index is 5.42. The van der Waals surface area contributed by atoms with Gasteiger partial charge >= 0.3 is 0 Å². The lowest BCUT2D eigenvalue weighted by Gasteiger charge is -2.27. The summed E-state index contributed by atoms with van der Waals surface area (Å²) in [7, 11) is 2.22. The Balaban J connectivity index is 1.76. The molecule has 0 atom stereocenters. The normalized spacial score (nSPS) is 16.8. The second-order valence-corrected chi connectivity index (χ2v) is 5.85. The molecule has 0 unspecified atom stereocenters. The Bertz CT molecular complexity index is 371. The van der Waals surface area contributed by atoms with Crippen LogP contribution in [-0.4, -0.2) is 38.3 Å². The molecule has 0 spiro atoms. The van der Waals surface area contributed by atoms with Crippen LogP contribution >= 0.6 is 0 Å². The molecular formula is C17H28N2O. The van der Waals surface area contributed by atoms with E-state index in [4.69, 9.17) is 4.74 Å². The zero-order chi connectivity index (χ0) is 14.2. The first-order chi connectivity index (χ1) is 9.78. The molecule has 0 bridgehead atoms. The summed E-state index contributed by atoms with van der Waals surface area (Å²) < 4.78 is 5.42. The highest BCUT2D eigenvalue weighted by atomic mass is 16.5. The number of ether oxygens (including phenoxy) is 1. The van der Waals surface area contributed by atoms with E-state index in [9.17, 15) is 0 Å². The second kappa shape index (κ2) is 8.40. The van der Waals surface area contributed by atoms with Crippen LogP contribution < -0.4 is 5.32 Å². The lowest BCUT2D eigenvalue weighted by Crippen LogP contribution is -2.29. The van der Waals surface area contributed by atoms with Crippen LogP contribution in [0.4, 0.5) is 0 Å². The fourth-order valence-electron chi connectivity index (χ4n) is 2.78. The van der Waals surface area contributed by atoms with Gasteiger partial charge in [0, 0.05) is 32.8 Å². The predicted octanol–water partition coefficient (Wildman–Crippen LogP) is 2.65. The maximum atomic E-state index is 5.42. The SMILES string of the molecule is CCNCc1ccc(CN(C)CC2CCOCC2)cc1. The molecule has 1 aliphatic rings. The van der Waals surface area contributed by atoms with Crippen molar-refractivity contribution in [2.45, 2.75) is 32.9 Å². The third-order valence-corrected chi connectivity index (χ3v) is 3.97. The van der Waals surface area contributed by atoms with E-state index in [1.54, 1.807) is 0 Å². The molecule has 1 N–H and O–H groups in total. The van der Waals surface area contributed by atoms with Gasteiger partial charge in [-0.1, -0.05) is 31.2 Å².